The van der Waals surface area contributed by atoms with Crippen molar-refractivity contribution in [3.8, 4) is 5.75 Å². The molecule has 8 heteroatoms. The molecular formula is C22H27N3O5. The number of esters is 1. The van der Waals surface area contributed by atoms with Crippen LogP contribution >= 0.6 is 0 Å². The predicted molar refractivity (Wildman–Crippen MR) is 115 cm³/mol. The molecule has 2 rings (SSSR count). The van der Waals surface area contributed by atoms with E-state index in [0.717, 1.165) is 37.0 Å². The van der Waals surface area contributed by atoms with Crippen LogP contribution in [0.4, 0.5) is 11.5 Å². The summed E-state index contributed by atoms with van der Waals surface area (Å²) >= 11 is 0. The summed E-state index contributed by atoms with van der Waals surface area (Å²) in [5.41, 5.74) is 0.871. The molecule has 0 aliphatic rings. The Morgan fingerprint density at radius 3 is 2.60 bits per heavy atom. The summed E-state index contributed by atoms with van der Waals surface area (Å²) in [7, 11) is 0. The second-order valence-corrected chi connectivity index (χ2v) is 6.56. The number of unbranched alkanes of at least 4 members (excludes halogenated alkanes) is 2. The first-order valence-corrected chi connectivity index (χ1v) is 10.0. The van der Waals surface area contributed by atoms with Gasteiger partial charge in [0, 0.05) is 18.7 Å². The second kappa shape index (κ2) is 12.9. The molecule has 0 saturated carbocycles. The highest BCUT2D eigenvalue weighted by Crippen LogP contribution is 2.14. The summed E-state index contributed by atoms with van der Waals surface area (Å²) in [5.74, 6) is 1.05. The molecule has 0 bridgehead atoms. The van der Waals surface area contributed by atoms with Gasteiger partial charge in [-0.15, -0.1) is 0 Å². The van der Waals surface area contributed by atoms with E-state index in [4.69, 9.17) is 9.47 Å². The highest BCUT2D eigenvalue weighted by atomic mass is 16.6. The number of hydrogen-bond acceptors (Lipinski definition) is 7. The molecule has 0 spiro atoms. The highest BCUT2D eigenvalue weighted by molar-refractivity contribution is 5.87. The van der Waals surface area contributed by atoms with Gasteiger partial charge >= 0.3 is 5.97 Å². The third kappa shape index (κ3) is 8.72. The van der Waals surface area contributed by atoms with Crippen LogP contribution in [0, 0.1) is 10.1 Å². The van der Waals surface area contributed by atoms with Crippen LogP contribution in [-0.4, -0.2) is 35.6 Å². The minimum atomic E-state index is -0.480. The molecule has 0 fully saturated rings. The maximum Gasteiger partial charge on any atom is 0.330 e. The van der Waals surface area contributed by atoms with Crippen molar-refractivity contribution in [3.05, 3.63) is 64.3 Å². The minimum absolute atomic E-state index is 0.0329. The number of ether oxygens (including phenoxy) is 2. The van der Waals surface area contributed by atoms with Crippen LogP contribution < -0.4 is 10.1 Å². The standard InChI is InChI=1S/C22H27N3O5/c1-2-15-29-20-10-6-18(7-11-20)8-13-22(26)30-16-5-3-4-14-23-21-12-9-19(17-24-21)25(27)28/h6-13,17H,2-5,14-16H2,1H3,(H,23,24)/b13-8+. The van der Waals surface area contributed by atoms with Crippen molar-refractivity contribution in [2.45, 2.75) is 32.6 Å². The zero-order valence-electron chi connectivity index (χ0n) is 17.1. The summed E-state index contributed by atoms with van der Waals surface area (Å²) in [6.45, 7) is 3.80. The average molecular weight is 413 g/mol. The van der Waals surface area contributed by atoms with Gasteiger partial charge in [-0.05, 0) is 55.5 Å². The molecule has 0 amide bonds. The van der Waals surface area contributed by atoms with Crippen molar-refractivity contribution < 1.29 is 19.2 Å². The molecule has 0 atom stereocenters. The Hall–Kier alpha value is -3.42. The molecule has 1 aromatic heterocycles. The first-order chi connectivity index (χ1) is 14.6. The average Bonchev–Trinajstić information content (AvgIpc) is 2.76. The number of benzene rings is 1. The number of nitrogens with one attached hydrogen (secondary N) is 1. The Morgan fingerprint density at radius 2 is 1.93 bits per heavy atom. The Labute approximate surface area is 176 Å². The number of hydrogen-bond donors (Lipinski definition) is 1. The van der Waals surface area contributed by atoms with Gasteiger partial charge in [0.2, 0.25) is 0 Å². The van der Waals surface area contributed by atoms with Crippen molar-refractivity contribution in [1.82, 2.24) is 4.98 Å². The van der Waals surface area contributed by atoms with E-state index in [9.17, 15) is 14.9 Å². The number of carbonyl (C=O) groups excluding carboxylic acids is 1. The topological polar surface area (TPSA) is 104 Å². The molecule has 1 N–H and O–H groups in total. The van der Waals surface area contributed by atoms with Crippen LogP contribution in [0.2, 0.25) is 0 Å². The van der Waals surface area contributed by atoms with Crippen LogP contribution in [0.5, 0.6) is 5.75 Å². The van der Waals surface area contributed by atoms with Crippen molar-refractivity contribution >= 4 is 23.6 Å². The summed E-state index contributed by atoms with van der Waals surface area (Å²) in [6.07, 6.45) is 7.84. The molecule has 1 aromatic carbocycles. The number of aromatic nitrogens is 1. The van der Waals surface area contributed by atoms with E-state index in [1.54, 1.807) is 12.1 Å². The molecule has 8 nitrogen and oxygen atoms in total. The van der Waals surface area contributed by atoms with E-state index in [0.29, 0.717) is 25.6 Å². The van der Waals surface area contributed by atoms with E-state index >= 15 is 0 Å². The lowest BCUT2D eigenvalue weighted by Crippen LogP contribution is -2.05. The lowest BCUT2D eigenvalue weighted by molar-refractivity contribution is -0.385. The van der Waals surface area contributed by atoms with Gasteiger partial charge in [-0.3, -0.25) is 10.1 Å². The third-order valence-electron chi connectivity index (χ3n) is 4.10. The molecule has 2 aromatic rings. The number of anilines is 1. The fraction of sp³-hybridized carbons (Fsp3) is 0.364. The van der Waals surface area contributed by atoms with Gasteiger partial charge < -0.3 is 14.8 Å². The van der Waals surface area contributed by atoms with Crippen molar-refractivity contribution in [3.63, 3.8) is 0 Å². The normalized spacial score (nSPS) is 10.7. The first kappa shape index (κ1) is 22.9. The van der Waals surface area contributed by atoms with Crippen LogP contribution in [0.25, 0.3) is 6.08 Å². The highest BCUT2D eigenvalue weighted by Gasteiger charge is 2.04. The molecular weight excluding hydrogens is 386 g/mol. The lowest BCUT2D eigenvalue weighted by Gasteiger charge is -2.05. The van der Waals surface area contributed by atoms with Crippen LogP contribution in [-0.2, 0) is 9.53 Å². The van der Waals surface area contributed by atoms with Gasteiger partial charge in [-0.1, -0.05) is 19.1 Å². The van der Waals surface area contributed by atoms with Crippen LogP contribution in [0.1, 0.15) is 38.2 Å². The van der Waals surface area contributed by atoms with E-state index in [2.05, 4.69) is 17.2 Å². The first-order valence-electron chi connectivity index (χ1n) is 10.0. The van der Waals surface area contributed by atoms with E-state index < -0.39 is 4.92 Å². The zero-order valence-corrected chi connectivity index (χ0v) is 17.1. The molecule has 160 valence electrons. The summed E-state index contributed by atoms with van der Waals surface area (Å²) in [6, 6.07) is 10.5. The fourth-order valence-electron chi connectivity index (χ4n) is 2.50. The van der Waals surface area contributed by atoms with Gasteiger partial charge in [0.25, 0.3) is 5.69 Å². The SMILES string of the molecule is CCCOc1ccc(/C=C/C(=O)OCCCCCNc2ccc([N+](=O)[O-])cn2)cc1. The summed E-state index contributed by atoms with van der Waals surface area (Å²) in [4.78, 5) is 25.9. The van der Waals surface area contributed by atoms with Crippen LogP contribution in [0.3, 0.4) is 0 Å². The molecule has 0 saturated heterocycles. The number of nitrogens with zero attached hydrogens (tertiary/aromatic N) is 2. The third-order valence-corrected chi connectivity index (χ3v) is 4.10. The molecule has 1 heterocycles. The number of carbonyl (C=O) groups is 1. The number of nitro groups is 1. The molecule has 0 unspecified atom stereocenters. The molecule has 0 aliphatic carbocycles. The Kier molecular flexibility index (Phi) is 9.85. The van der Waals surface area contributed by atoms with Crippen molar-refractivity contribution in [1.29, 1.82) is 0 Å². The molecule has 30 heavy (non-hydrogen) atoms. The Morgan fingerprint density at radius 1 is 1.13 bits per heavy atom. The quantitative estimate of drug-likeness (QED) is 0.168. The zero-order chi connectivity index (χ0) is 21.6. The maximum absolute atomic E-state index is 11.8. The maximum atomic E-state index is 11.8. The molecule has 0 radical (unpaired) electrons. The monoisotopic (exact) mass is 413 g/mol. The van der Waals surface area contributed by atoms with Gasteiger partial charge in [0.05, 0.1) is 18.1 Å². The smallest absolute Gasteiger partial charge is 0.330 e. The predicted octanol–water partition coefficient (Wildman–Crippen LogP) is 4.62. The largest absolute Gasteiger partial charge is 0.494 e. The number of pyridine rings is 1. The van der Waals surface area contributed by atoms with Crippen LogP contribution in [0.15, 0.2) is 48.7 Å². The van der Waals surface area contributed by atoms with Gasteiger partial charge in [0.1, 0.15) is 17.8 Å². The fourth-order valence-corrected chi connectivity index (χ4v) is 2.50. The Balaban J connectivity index is 1.55. The number of rotatable bonds is 13. The van der Waals surface area contributed by atoms with Gasteiger partial charge in [0.15, 0.2) is 0 Å². The Bertz CT molecular complexity index is 820. The van der Waals surface area contributed by atoms with Gasteiger partial charge in [-0.2, -0.15) is 0 Å². The van der Waals surface area contributed by atoms with Crippen molar-refractivity contribution in [2.24, 2.45) is 0 Å². The van der Waals surface area contributed by atoms with E-state index in [1.165, 1.54) is 18.3 Å². The van der Waals surface area contributed by atoms with E-state index in [-0.39, 0.29) is 11.7 Å². The lowest BCUT2D eigenvalue weighted by atomic mass is 10.2. The minimum Gasteiger partial charge on any atom is -0.494 e. The second-order valence-electron chi connectivity index (χ2n) is 6.56. The summed E-state index contributed by atoms with van der Waals surface area (Å²) < 4.78 is 10.7. The van der Waals surface area contributed by atoms with E-state index in [1.807, 2.05) is 24.3 Å². The summed E-state index contributed by atoms with van der Waals surface area (Å²) in [5, 5.41) is 13.7. The van der Waals surface area contributed by atoms with Crippen molar-refractivity contribution in [2.75, 3.05) is 25.1 Å². The molecule has 0 aliphatic heterocycles. The van der Waals surface area contributed by atoms with Gasteiger partial charge in [-0.25, -0.2) is 9.78 Å².